The number of nitrogens with two attached hydrogens (primary N) is 1. The highest BCUT2D eigenvalue weighted by Gasteiger charge is 2.08. The van der Waals surface area contributed by atoms with Gasteiger partial charge in [-0.1, -0.05) is 23.7 Å². The fourth-order valence-corrected chi connectivity index (χ4v) is 2.21. The minimum atomic E-state index is 0.420. The number of fused-ring (bicyclic) bond motifs is 1. The number of halogens is 1. The molecule has 20 heavy (non-hydrogen) atoms. The molecule has 2 N–H and O–H groups in total. The van der Waals surface area contributed by atoms with Crippen LogP contribution in [0.3, 0.4) is 0 Å². The standard InChI is InChI=1S/C15H12ClN3O/c1-20-11-5-6-13-12(8-11)14(17)19-15(18-13)9-3-2-4-10(16)7-9/h2-8H,1H3,(H2,17,18,19). The zero-order valence-electron chi connectivity index (χ0n) is 10.8. The third-order valence-corrected chi connectivity index (χ3v) is 3.25. The smallest absolute Gasteiger partial charge is 0.162 e. The van der Waals surface area contributed by atoms with Crippen molar-refractivity contribution < 1.29 is 4.74 Å². The van der Waals surface area contributed by atoms with Crippen LogP contribution < -0.4 is 10.5 Å². The van der Waals surface area contributed by atoms with Crippen molar-refractivity contribution in [2.75, 3.05) is 12.8 Å². The van der Waals surface area contributed by atoms with E-state index in [1.807, 2.05) is 36.4 Å². The van der Waals surface area contributed by atoms with E-state index in [2.05, 4.69) is 9.97 Å². The highest BCUT2D eigenvalue weighted by molar-refractivity contribution is 6.30. The number of hydrogen-bond donors (Lipinski definition) is 1. The molecule has 0 radical (unpaired) electrons. The quantitative estimate of drug-likeness (QED) is 0.782. The normalized spacial score (nSPS) is 10.7. The Bertz CT molecular complexity index is 789. The molecule has 0 bridgehead atoms. The number of nitrogens with zero attached hydrogens (tertiary/aromatic N) is 2. The summed E-state index contributed by atoms with van der Waals surface area (Å²) in [7, 11) is 1.61. The molecule has 0 spiro atoms. The number of methoxy groups -OCH3 is 1. The van der Waals surface area contributed by atoms with E-state index in [1.54, 1.807) is 13.2 Å². The fraction of sp³-hybridized carbons (Fsp3) is 0.0667. The number of hydrogen-bond acceptors (Lipinski definition) is 4. The second-order valence-electron chi connectivity index (χ2n) is 4.33. The van der Waals surface area contributed by atoms with Crippen molar-refractivity contribution >= 4 is 28.3 Å². The van der Waals surface area contributed by atoms with Crippen LogP contribution in [0.4, 0.5) is 5.82 Å². The first-order valence-electron chi connectivity index (χ1n) is 6.04. The molecule has 0 atom stereocenters. The molecule has 0 saturated heterocycles. The Balaban J connectivity index is 2.19. The zero-order chi connectivity index (χ0) is 14.1. The lowest BCUT2D eigenvalue weighted by Crippen LogP contribution is -1.98. The van der Waals surface area contributed by atoms with Gasteiger partial charge in [-0.25, -0.2) is 9.97 Å². The molecule has 0 aliphatic rings. The Labute approximate surface area is 121 Å². The molecule has 100 valence electrons. The summed E-state index contributed by atoms with van der Waals surface area (Å²) < 4.78 is 5.18. The molecule has 5 heteroatoms. The third kappa shape index (κ3) is 2.26. The Morgan fingerprint density at radius 1 is 1.10 bits per heavy atom. The van der Waals surface area contributed by atoms with E-state index in [9.17, 15) is 0 Å². The Morgan fingerprint density at radius 2 is 1.95 bits per heavy atom. The lowest BCUT2D eigenvalue weighted by atomic mass is 10.2. The van der Waals surface area contributed by atoms with Crippen LogP contribution in [0.5, 0.6) is 5.75 Å². The van der Waals surface area contributed by atoms with Crippen molar-refractivity contribution in [2.24, 2.45) is 0 Å². The molecule has 3 aromatic rings. The van der Waals surface area contributed by atoms with E-state index in [-0.39, 0.29) is 0 Å². The number of nitrogen functional groups attached to an aromatic ring is 1. The summed E-state index contributed by atoms with van der Waals surface area (Å²) in [4.78, 5) is 8.86. The molecule has 0 fully saturated rings. The van der Waals surface area contributed by atoms with Crippen LogP contribution in [0.25, 0.3) is 22.3 Å². The second kappa shape index (κ2) is 4.98. The van der Waals surface area contributed by atoms with Crippen LogP contribution in [-0.4, -0.2) is 17.1 Å². The molecule has 0 amide bonds. The third-order valence-electron chi connectivity index (χ3n) is 3.02. The van der Waals surface area contributed by atoms with Gasteiger partial charge in [0.2, 0.25) is 0 Å². The van der Waals surface area contributed by atoms with Crippen molar-refractivity contribution in [3.8, 4) is 17.1 Å². The van der Waals surface area contributed by atoms with Gasteiger partial charge in [-0.05, 0) is 30.3 Å². The Morgan fingerprint density at radius 3 is 2.70 bits per heavy atom. The van der Waals surface area contributed by atoms with Gasteiger partial charge in [-0.2, -0.15) is 0 Å². The van der Waals surface area contributed by atoms with E-state index >= 15 is 0 Å². The summed E-state index contributed by atoms with van der Waals surface area (Å²) in [5.74, 6) is 1.70. The number of benzene rings is 2. The number of ether oxygens (including phenoxy) is 1. The lowest BCUT2D eigenvalue weighted by Gasteiger charge is -2.07. The summed E-state index contributed by atoms with van der Waals surface area (Å²) in [6.45, 7) is 0. The molecule has 0 unspecified atom stereocenters. The van der Waals surface area contributed by atoms with Gasteiger partial charge in [0.25, 0.3) is 0 Å². The lowest BCUT2D eigenvalue weighted by molar-refractivity contribution is 0.415. The molecule has 2 aromatic carbocycles. The largest absolute Gasteiger partial charge is 0.497 e. The predicted octanol–water partition coefficient (Wildman–Crippen LogP) is 3.54. The SMILES string of the molecule is COc1ccc2nc(-c3cccc(Cl)c3)nc(N)c2c1. The maximum atomic E-state index is 6.02. The highest BCUT2D eigenvalue weighted by Crippen LogP contribution is 2.27. The van der Waals surface area contributed by atoms with Crippen molar-refractivity contribution in [1.82, 2.24) is 9.97 Å². The van der Waals surface area contributed by atoms with Gasteiger partial charge < -0.3 is 10.5 Å². The van der Waals surface area contributed by atoms with Crippen LogP contribution in [0.15, 0.2) is 42.5 Å². The van der Waals surface area contributed by atoms with Gasteiger partial charge in [-0.3, -0.25) is 0 Å². The summed E-state index contributed by atoms with van der Waals surface area (Å²) in [5.41, 5.74) is 7.62. The van der Waals surface area contributed by atoms with Crippen LogP contribution in [0, 0.1) is 0 Å². The van der Waals surface area contributed by atoms with Crippen LogP contribution in [0.1, 0.15) is 0 Å². The number of rotatable bonds is 2. The van der Waals surface area contributed by atoms with Crippen molar-refractivity contribution in [1.29, 1.82) is 0 Å². The van der Waals surface area contributed by atoms with Gasteiger partial charge >= 0.3 is 0 Å². The van der Waals surface area contributed by atoms with Crippen LogP contribution in [0.2, 0.25) is 5.02 Å². The first-order valence-corrected chi connectivity index (χ1v) is 6.42. The zero-order valence-corrected chi connectivity index (χ0v) is 11.6. The van der Waals surface area contributed by atoms with E-state index in [4.69, 9.17) is 22.1 Å². The van der Waals surface area contributed by atoms with Crippen molar-refractivity contribution in [2.45, 2.75) is 0 Å². The maximum Gasteiger partial charge on any atom is 0.162 e. The highest BCUT2D eigenvalue weighted by atomic mass is 35.5. The molecule has 3 rings (SSSR count). The minimum absolute atomic E-state index is 0.420. The molecule has 1 heterocycles. The molecule has 0 aliphatic heterocycles. The molecular weight excluding hydrogens is 274 g/mol. The summed E-state index contributed by atoms with van der Waals surface area (Å²) >= 11 is 5.99. The summed E-state index contributed by atoms with van der Waals surface area (Å²) in [6, 6.07) is 12.9. The molecule has 0 aliphatic carbocycles. The first-order chi connectivity index (χ1) is 9.67. The Hall–Kier alpha value is -2.33. The number of anilines is 1. The van der Waals surface area contributed by atoms with Crippen molar-refractivity contribution in [3.05, 3.63) is 47.5 Å². The van der Waals surface area contributed by atoms with Gasteiger partial charge in [0, 0.05) is 16.0 Å². The van der Waals surface area contributed by atoms with Gasteiger partial charge in [0.1, 0.15) is 11.6 Å². The van der Waals surface area contributed by atoms with Crippen LogP contribution >= 0.6 is 11.6 Å². The van der Waals surface area contributed by atoms with Gasteiger partial charge in [-0.15, -0.1) is 0 Å². The van der Waals surface area contributed by atoms with Gasteiger partial charge in [0.05, 0.1) is 12.6 Å². The average molecular weight is 286 g/mol. The van der Waals surface area contributed by atoms with E-state index in [0.717, 1.165) is 22.2 Å². The molecule has 0 saturated carbocycles. The van der Waals surface area contributed by atoms with Crippen LogP contribution in [-0.2, 0) is 0 Å². The van der Waals surface area contributed by atoms with E-state index in [0.29, 0.717) is 16.7 Å². The fourth-order valence-electron chi connectivity index (χ4n) is 2.01. The van der Waals surface area contributed by atoms with E-state index in [1.165, 1.54) is 0 Å². The molecule has 4 nitrogen and oxygen atoms in total. The topological polar surface area (TPSA) is 61.0 Å². The summed E-state index contributed by atoms with van der Waals surface area (Å²) in [5, 5.41) is 1.41. The second-order valence-corrected chi connectivity index (χ2v) is 4.76. The number of aromatic nitrogens is 2. The van der Waals surface area contributed by atoms with Gasteiger partial charge in [0.15, 0.2) is 5.82 Å². The van der Waals surface area contributed by atoms with Crippen molar-refractivity contribution in [3.63, 3.8) is 0 Å². The monoisotopic (exact) mass is 285 g/mol. The maximum absolute atomic E-state index is 6.02. The molecular formula is C15H12ClN3O. The molecule has 1 aromatic heterocycles. The van der Waals surface area contributed by atoms with E-state index < -0.39 is 0 Å². The minimum Gasteiger partial charge on any atom is -0.497 e. The summed E-state index contributed by atoms with van der Waals surface area (Å²) in [6.07, 6.45) is 0. The first kappa shape index (κ1) is 12.7. The average Bonchev–Trinajstić information content (AvgIpc) is 2.47. The Kier molecular flexibility index (Phi) is 3.16. The predicted molar refractivity (Wildman–Crippen MR) is 80.9 cm³/mol.